The van der Waals surface area contributed by atoms with Crippen LogP contribution in [-0.2, 0) is 0 Å². The van der Waals surface area contributed by atoms with Gasteiger partial charge in [0, 0.05) is 35.7 Å². The first-order chi connectivity index (χ1) is 13.0. The predicted octanol–water partition coefficient (Wildman–Crippen LogP) is 4.59. The Hall–Kier alpha value is -3.08. The minimum Gasteiger partial charge on any atom is -0.372 e. The molecule has 0 saturated carbocycles. The van der Waals surface area contributed by atoms with Gasteiger partial charge in [0.05, 0.1) is 11.4 Å². The molecule has 0 aliphatic heterocycles. The molecule has 2 aromatic carbocycles. The maximum Gasteiger partial charge on any atom is 0.255 e. The van der Waals surface area contributed by atoms with Crippen LogP contribution in [0.15, 0.2) is 54.6 Å². The fourth-order valence-electron chi connectivity index (χ4n) is 3.19. The van der Waals surface area contributed by atoms with Crippen molar-refractivity contribution in [2.45, 2.75) is 27.7 Å². The second-order valence-corrected chi connectivity index (χ2v) is 6.56. The highest BCUT2D eigenvalue weighted by Gasteiger charge is 2.09. The van der Waals surface area contributed by atoms with Gasteiger partial charge in [0.1, 0.15) is 0 Å². The van der Waals surface area contributed by atoms with Crippen LogP contribution in [-0.4, -0.2) is 28.8 Å². The van der Waals surface area contributed by atoms with E-state index < -0.39 is 0 Å². The molecule has 1 N–H and O–H groups in total. The fraction of sp³-hybridized carbons (Fsp3) is 0.273. The van der Waals surface area contributed by atoms with Crippen molar-refractivity contribution in [3.8, 4) is 5.69 Å². The molecule has 3 rings (SSSR count). The van der Waals surface area contributed by atoms with Crippen LogP contribution >= 0.6 is 0 Å². The molecule has 0 bridgehead atoms. The van der Waals surface area contributed by atoms with Crippen LogP contribution in [0, 0.1) is 13.8 Å². The molecule has 0 radical (unpaired) electrons. The highest BCUT2D eigenvalue weighted by molar-refractivity contribution is 6.04. The summed E-state index contributed by atoms with van der Waals surface area (Å²) in [5, 5.41) is 7.43. The van der Waals surface area contributed by atoms with Crippen molar-refractivity contribution in [3.05, 3.63) is 71.5 Å². The molecule has 1 aromatic heterocycles. The van der Waals surface area contributed by atoms with E-state index in [0.717, 1.165) is 41.5 Å². The minimum atomic E-state index is -0.120. The number of amides is 1. The standard InChI is InChI=1S/C22H26N4O/c1-5-25(6-2)20-13-9-19(10-14-20)23-22(27)18-7-11-21(12-8-18)26-17(4)15-16(3)24-26/h7-15H,5-6H2,1-4H3,(H,23,27). The number of benzene rings is 2. The molecule has 0 saturated heterocycles. The van der Waals surface area contributed by atoms with Crippen molar-refractivity contribution in [1.82, 2.24) is 9.78 Å². The summed E-state index contributed by atoms with van der Waals surface area (Å²) in [6, 6.07) is 17.5. The van der Waals surface area contributed by atoms with Gasteiger partial charge >= 0.3 is 0 Å². The molecule has 0 fully saturated rings. The number of carbonyl (C=O) groups is 1. The lowest BCUT2D eigenvalue weighted by molar-refractivity contribution is 0.102. The largest absolute Gasteiger partial charge is 0.372 e. The van der Waals surface area contributed by atoms with Gasteiger partial charge in [-0.3, -0.25) is 4.79 Å². The highest BCUT2D eigenvalue weighted by Crippen LogP contribution is 2.19. The SMILES string of the molecule is CCN(CC)c1ccc(NC(=O)c2ccc(-n3nc(C)cc3C)cc2)cc1. The number of nitrogens with one attached hydrogen (secondary N) is 1. The van der Waals surface area contributed by atoms with Gasteiger partial charge in [0.2, 0.25) is 0 Å². The number of anilines is 2. The van der Waals surface area contributed by atoms with Gasteiger partial charge in [-0.25, -0.2) is 4.68 Å². The Labute approximate surface area is 160 Å². The quantitative estimate of drug-likeness (QED) is 0.698. The molecule has 1 amide bonds. The maximum absolute atomic E-state index is 12.5. The molecule has 5 heteroatoms. The van der Waals surface area contributed by atoms with Gasteiger partial charge in [0.15, 0.2) is 0 Å². The lowest BCUT2D eigenvalue weighted by Gasteiger charge is -2.21. The third-order valence-corrected chi connectivity index (χ3v) is 4.64. The average Bonchev–Trinajstić information content (AvgIpc) is 3.02. The predicted molar refractivity (Wildman–Crippen MR) is 111 cm³/mol. The number of hydrogen-bond acceptors (Lipinski definition) is 3. The molecule has 140 valence electrons. The second-order valence-electron chi connectivity index (χ2n) is 6.56. The van der Waals surface area contributed by atoms with E-state index in [-0.39, 0.29) is 5.91 Å². The van der Waals surface area contributed by atoms with Crippen LogP contribution in [0.2, 0.25) is 0 Å². The summed E-state index contributed by atoms with van der Waals surface area (Å²) < 4.78 is 1.88. The van der Waals surface area contributed by atoms with Crippen molar-refractivity contribution in [2.75, 3.05) is 23.3 Å². The average molecular weight is 362 g/mol. The van der Waals surface area contributed by atoms with Gasteiger partial charge in [-0.15, -0.1) is 0 Å². The van der Waals surface area contributed by atoms with Crippen LogP contribution in [0.5, 0.6) is 0 Å². The number of aryl methyl sites for hydroxylation is 2. The lowest BCUT2D eigenvalue weighted by atomic mass is 10.2. The molecule has 5 nitrogen and oxygen atoms in total. The van der Waals surface area contributed by atoms with E-state index in [1.807, 2.05) is 73.1 Å². The van der Waals surface area contributed by atoms with Crippen LogP contribution in [0.4, 0.5) is 11.4 Å². The van der Waals surface area contributed by atoms with Gasteiger partial charge in [-0.1, -0.05) is 0 Å². The third-order valence-electron chi connectivity index (χ3n) is 4.64. The number of rotatable bonds is 6. The van der Waals surface area contributed by atoms with E-state index in [4.69, 9.17) is 0 Å². The zero-order chi connectivity index (χ0) is 19.4. The summed E-state index contributed by atoms with van der Waals surface area (Å²) in [6.07, 6.45) is 0. The Morgan fingerprint density at radius 3 is 2.15 bits per heavy atom. The minimum absolute atomic E-state index is 0.120. The summed E-state index contributed by atoms with van der Waals surface area (Å²) in [7, 11) is 0. The number of aromatic nitrogens is 2. The van der Waals surface area contributed by atoms with Gasteiger partial charge in [0.25, 0.3) is 5.91 Å². The highest BCUT2D eigenvalue weighted by atomic mass is 16.1. The summed E-state index contributed by atoms with van der Waals surface area (Å²) >= 11 is 0. The second kappa shape index (κ2) is 8.08. The fourth-order valence-corrected chi connectivity index (χ4v) is 3.19. The molecule has 3 aromatic rings. The summed E-state index contributed by atoms with van der Waals surface area (Å²) in [6.45, 7) is 10.2. The van der Waals surface area contributed by atoms with Gasteiger partial charge < -0.3 is 10.2 Å². The van der Waals surface area contributed by atoms with Crippen LogP contribution in [0.3, 0.4) is 0 Å². The lowest BCUT2D eigenvalue weighted by Crippen LogP contribution is -2.21. The van der Waals surface area contributed by atoms with Crippen molar-refractivity contribution in [2.24, 2.45) is 0 Å². The zero-order valence-electron chi connectivity index (χ0n) is 16.4. The molecule has 0 unspecified atom stereocenters. The maximum atomic E-state index is 12.5. The molecule has 1 heterocycles. The first-order valence-electron chi connectivity index (χ1n) is 9.32. The smallest absolute Gasteiger partial charge is 0.255 e. The summed E-state index contributed by atoms with van der Waals surface area (Å²) in [5.41, 5.74) is 5.56. The Kier molecular flexibility index (Phi) is 5.60. The first-order valence-corrected chi connectivity index (χ1v) is 9.32. The van der Waals surface area contributed by atoms with E-state index in [0.29, 0.717) is 5.56 Å². The van der Waals surface area contributed by atoms with Gasteiger partial charge in [-0.2, -0.15) is 5.10 Å². The van der Waals surface area contributed by atoms with Crippen molar-refractivity contribution in [3.63, 3.8) is 0 Å². The summed E-state index contributed by atoms with van der Waals surface area (Å²) in [5.74, 6) is -0.120. The molecule has 27 heavy (non-hydrogen) atoms. The number of hydrogen-bond donors (Lipinski definition) is 1. The van der Waals surface area contributed by atoms with Crippen LogP contribution < -0.4 is 10.2 Å². The zero-order valence-corrected chi connectivity index (χ0v) is 16.4. The van der Waals surface area contributed by atoms with Crippen molar-refractivity contribution < 1.29 is 4.79 Å². The van der Waals surface area contributed by atoms with Crippen LogP contribution in [0.25, 0.3) is 5.69 Å². The third kappa shape index (κ3) is 4.19. The number of nitrogens with zero attached hydrogens (tertiary/aromatic N) is 3. The van der Waals surface area contributed by atoms with Crippen LogP contribution in [0.1, 0.15) is 35.6 Å². The summed E-state index contributed by atoms with van der Waals surface area (Å²) in [4.78, 5) is 14.8. The Bertz CT molecular complexity index is 906. The Balaban J connectivity index is 1.70. The van der Waals surface area contributed by atoms with Crippen molar-refractivity contribution >= 4 is 17.3 Å². The monoisotopic (exact) mass is 362 g/mol. The normalized spacial score (nSPS) is 10.7. The Morgan fingerprint density at radius 2 is 1.63 bits per heavy atom. The molecule has 0 spiro atoms. The van der Waals surface area contributed by atoms with E-state index in [1.165, 1.54) is 0 Å². The van der Waals surface area contributed by atoms with E-state index >= 15 is 0 Å². The molecule has 0 aliphatic carbocycles. The first kappa shape index (κ1) is 18.7. The van der Waals surface area contributed by atoms with E-state index in [2.05, 4.69) is 29.2 Å². The van der Waals surface area contributed by atoms with E-state index in [1.54, 1.807) is 0 Å². The molecular weight excluding hydrogens is 336 g/mol. The molecule has 0 aliphatic rings. The van der Waals surface area contributed by atoms with E-state index in [9.17, 15) is 4.79 Å². The Morgan fingerprint density at radius 1 is 1.00 bits per heavy atom. The molecular formula is C22H26N4O. The number of carbonyl (C=O) groups excluding carboxylic acids is 1. The topological polar surface area (TPSA) is 50.2 Å². The van der Waals surface area contributed by atoms with Crippen molar-refractivity contribution in [1.29, 1.82) is 0 Å². The van der Waals surface area contributed by atoms with Gasteiger partial charge in [-0.05, 0) is 82.3 Å². The molecule has 0 atom stereocenters.